The third-order valence-electron chi connectivity index (χ3n) is 2.28. The minimum absolute atomic E-state index is 0.0350. The zero-order valence-electron chi connectivity index (χ0n) is 10.4. The van der Waals surface area contributed by atoms with Gasteiger partial charge >= 0.3 is 0 Å². The molecular weight excluding hydrogens is 216 g/mol. The smallest absolute Gasteiger partial charge is 0.221 e. The van der Waals surface area contributed by atoms with Crippen LogP contribution < -0.4 is 15.8 Å². The van der Waals surface area contributed by atoms with Gasteiger partial charge in [-0.2, -0.15) is 0 Å². The molecule has 94 valence electrons. The van der Waals surface area contributed by atoms with Crippen LogP contribution in [0.1, 0.15) is 18.9 Å². The summed E-state index contributed by atoms with van der Waals surface area (Å²) in [5.74, 6) is 0.790. The van der Waals surface area contributed by atoms with Gasteiger partial charge in [-0.15, -0.1) is 0 Å². The number of aryl methyl sites for hydroxylation is 1. The molecule has 0 spiro atoms. The van der Waals surface area contributed by atoms with Crippen molar-refractivity contribution >= 4 is 5.91 Å². The number of hydrogen-bond acceptors (Lipinski definition) is 3. The zero-order valence-corrected chi connectivity index (χ0v) is 10.4. The van der Waals surface area contributed by atoms with Crippen LogP contribution in [0.4, 0.5) is 0 Å². The summed E-state index contributed by atoms with van der Waals surface area (Å²) in [6.45, 7) is 4.80. The standard InChI is InChI=1S/C13H20N2O2/c1-10-4-3-5-12(8-10)17-11(2)9-15-13(16)6-7-14/h3-5,8,11H,6-7,9,14H2,1-2H3,(H,15,16). The Morgan fingerprint density at radius 1 is 1.53 bits per heavy atom. The summed E-state index contributed by atoms with van der Waals surface area (Å²) in [6.07, 6.45) is 0.301. The Hall–Kier alpha value is -1.55. The molecule has 4 heteroatoms. The third kappa shape index (κ3) is 5.36. The van der Waals surface area contributed by atoms with Gasteiger partial charge in [0.25, 0.3) is 0 Å². The van der Waals surface area contributed by atoms with Crippen LogP contribution in [-0.4, -0.2) is 25.1 Å². The van der Waals surface area contributed by atoms with Gasteiger partial charge in [-0.1, -0.05) is 12.1 Å². The zero-order chi connectivity index (χ0) is 12.7. The van der Waals surface area contributed by atoms with Crippen LogP contribution in [0.3, 0.4) is 0 Å². The first-order valence-electron chi connectivity index (χ1n) is 5.82. The van der Waals surface area contributed by atoms with Crippen molar-refractivity contribution < 1.29 is 9.53 Å². The molecule has 1 amide bonds. The van der Waals surface area contributed by atoms with Crippen LogP contribution in [0.2, 0.25) is 0 Å². The number of carbonyl (C=O) groups excluding carboxylic acids is 1. The number of carbonyl (C=O) groups is 1. The molecule has 1 rings (SSSR count). The van der Waals surface area contributed by atoms with Crippen molar-refractivity contribution in [1.82, 2.24) is 5.32 Å². The van der Waals surface area contributed by atoms with Crippen molar-refractivity contribution in [2.24, 2.45) is 5.73 Å². The lowest BCUT2D eigenvalue weighted by Gasteiger charge is -2.15. The van der Waals surface area contributed by atoms with Crippen molar-refractivity contribution in [2.75, 3.05) is 13.1 Å². The highest BCUT2D eigenvalue weighted by Crippen LogP contribution is 2.13. The van der Waals surface area contributed by atoms with Gasteiger partial charge < -0.3 is 15.8 Å². The van der Waals surface area contributed by atoms with E-state index in [9.17, 15) is 4.79 Å². The topological polar surface area (TPSA) is 64.3 Å². The summed E-state index contributed by atoms with van der Waals surface area (Å²) >= 11 is 0. The second kappa shape index (κ2) is 6.91. The first-order valence-corrected chi connectivity index (χ1v) is 5.82. The van der Waals surface area contributed by atoms with Crippen molar-refractivity contribution in [3.63, 3.8) is 0 Å². The number of nitrogens with one attached hydrogen (secondary N) is 1. The summed E-state index contributed by atoms with van der Waals surface area (Å²) in [6, 6.07) is 7.84. The van der Waals surface area contributed by atoms with Gasteiger partial charge in [-0.3, -0.25) is 4.79 Å². The van der Waals surface area contributed by atoms with Gasteiger partial charge in [-0.05, 0) is 31.5 Å². The number of hydrogen-bond donors (Lipinski definition) is 2. The van der Waals surface area contributed by atoms with E-state index in [0.717, 1.165) is 11.3 Å². The Labute approximate surface area is 102 Å². The summed E-state index contributed by atoms with van der Waals surface area (Å²) in [5, 5.41) is 2.77. The molecule has 0 aromatic heterocycles. The second-order valence-electron chi connectivity index (χ2n) is 4.09. The molecule has 0 radical (unpaired) electrons. The van der Waals surface area contributed by atoms with Crippen molar-refractivity contribution in [2.45, 2.75) is 26.4 Å². The Kier molecular flexibility index (Phi) is 5.49. The third-order valence-corrected chi connectivity index (χ3v) is 2.28. The van der Waals surface area contributed by atoms with Crippen LogP contribution in [0, 0.1) is 6.92 Å². The molecule has 0 bridgehead atoms. The fourth-order valence-electron chi connectivity index (χ4n) is 1.44. The molecule has 0 aliphatic rings. The molecule has 0 aliphatic heterocycles. The number of ether oxygens (including phenoxy) is 1. The first-order chi connectivity index (χ1) is 8.11. The Morgan fingerprint density at radius 3 is 2.94 bits per heavy atom. The van der Waals surface area contributed by atoms with Crippen LogP contribution in [0.25, 0.3) is 0 Å². The van der Waals surface area contributed by atoms with Gasteiger partial charge in [0.15, 0.2) is 0 Å². The largest absolute Gasteiger partial charge is 0.489 e. The highest BCUT2D eigenvalue weighted by Gasteiger charge is 2.06. The molecule has 0 saturated heterocycles. The van der Waals surface area contributed by atoms with E-state index in [-0.39, 0.29) is 12.0 Å². The quantitative estimate of drug-likeness (QED) is 0.780. The normalized spacial score (nSPS) is 11.9. The predicted octanol–water partition coefficient (Wildman–Crippen LogP) is 1.23. The summed E-state index contributed by atoms with van der Waals surface area (Å²) in [7, 11) is 0. The summed E-state index contributed by atoms with van der Waals surface area (Å²) < 4.78 is 5.68. The maximum atomic E-state index is 11.2. The van der Waals surface area contributed by atoms with E-state index in [1.165, 1.54) is 0 Å². The van der Waals surface area contributed by atoms with E-state index in [1.807, 2.05) is 38.1 Å². The molecule has 3 N–H and O–H groups in total. The Bertz CT molecular complexity index is 366. The molecular formula is C13H20N2O2. The van der Waals surface area contributed by atoms with Crippen molar-refractivity contribution in [3.8, 4) is 5.75 Å². The van der Waals surface area contributed by atoms with Gasteiger partial charge in [0, 0.05) is 13.0 Å². The molecule has 1 aromatic carbocycles. The van der Waals surface area contributed by atoms with Gasteiger partial charge in [-0.25, -0.2) is 0 Å². The maximum absolute atomic E-state index is 11.2. The number of nitrogens with two attached hydrogens (primary N) is 1. The average molecular weight is 236 g/mol. The minimum atomic E-state index is -0.0569. The second-order valence-corrected chi connectivity index (χ2v) is 4.09. The van der Waals surface area contributed by atoms with Crippen molar-refractivity contribution in [3.05, 3.63) is 29.8 Å². The number of rotatable bonds is 6. The minimum Gasteiger partial charge on any atom is -0.489 e. The van der Waals surface area contributed by atoms with E-state index in [2.05, 4.69) is 5.32 Å². The Morgan fingerprint density at radius 2 is 2.29 bits per heavy atom. The van der Waals surface area contributed by atoms with Crippen LogP contribution in [0.15, 0.2) is 24.3 Å². The monoisotopic (exact) mass is 236 g/mol. The highest BCUT2D eigenvalue weighted by molar-refractivity contribution is 5.76. The van der Waals surface area contributed by atoms with E-state index < -0.39 is 0 Å². The molecule has 17 heavy (non-hydrogen) atoms. The Balaban J connectivity index is 2.34. The van der Waals surface area contributed by atoms with Crippen molar-refractivity contribution in [1.29, 1.82) is 0 Å². The first kappa shape index (κ1) is 13.5. The summed E-state index contributed by atoms with van der Waals surface area (Å²) in [5.41, 5.74) is 6.44. The lowest BCUT2D eigenvalue weighted by Crippen LogP contribution is -2.34. The van der Waals surface area contributed by atoms with Gasteiger partial charge in [0.1, 0.15) is 11.9 Å². The fourth-order valence-corrected chi connectivity index (χ4v) is 1.44. The van der Waals surface area contributed by atoms with E-state index in [0.29, 0.717) is 19.5 Å². The lowest BCUT2D eigenvalue weighted by molar-refractivity contribution is -0.121. The summed E-state index contributed by atoms with van der Waals surface area (Å²) in [4.78, 5) is 11.2. The molecule has 1 unspecified atom stereocenters. The molecule has 0 heterocycles. The highest BCUT2D eigenvalue weighted by atomic mass is 16.5. The fraction of sp³-hybridized carbons (Fsp3) is 0.462. The molecule has 0 fully saturated rings. The van der Waals surface area contributed by atoms with E-state index in [4.69, 9.17) is 10.5 Å². The van der Waals surface area contributed by atoms with E-state index in [1.54, 1.807) is 0 Å². The molecule has 0 aliphatic carbocycles. The molecule has 1 aromatic rings. The van der Waals surface area contributed by atoms with Gasteiger partial charge in [0.2, 0.25) is 5.91 Å². The van der Waals surface area contributed by atoms with E-state index >= 15 is 0 Å². The number of benzene rings is 1. The lowest BCUT2D eigenvalue weighted by atomic mass is 10.2. The SMILES string of the molecule is Cc1cccc(OC(C)CNC(=O)CCN)c1. The van der Waals surface area contributed by atoms with Crippen LogP contribution >= 0.6 is 0 Å². The van der Waals surface area contributed by atoms with Crippen LogP contribution in [0.5, 0.6) is 5.75 Å². The molecule has 1 atom stereocenters. The van der Waals surface area contributed by atoms with Gasteiger partial charge in [0.05, 0.1) is 6.54 Å². The molecule has 0 saturated carbocycles. The number of amides is 1. The maximum Gasteiger partial charge on any atom is 0.221 e. The van der Waals surface area contributed by atoms with Crippen LogP contribution in [-0.2, 0) is 4.79 Å². The molecule has 4 nitrogen and oxygen atoms in total. The average Bonchev–Trinajstić information content (AvgIpc) is 2.27. The predicted molar refractivity (Wildman–Crippen MR) is 68.0 cm³/mol.